The van der Waals surface area contributed by atoms with Crippen LogP contribution in [0.3, 0.4) is 0 Å². The fraction of sp³-hybridized carbons (Fsp3) is 0.333. The Morgan fingerprint density at radius 2 is 2.28 bits per heavy atom. The zero-order valence-corrected chi connectivity index (χ0v) is 10.9. The lowest BCUT2D eigenvalue weighted by molar-refractivity contribution is 0.268. The average Bonchev–Trinajstić information content (AvgIpc) is 2.79. The van der Waals surface area contributed by atoms with Gasteiger partial charge in [0.05, 0.1) is 25.9 Å². The number of aliphatic hydroxyl groups excluding tert-OH is 1. The Kier molecular flexibility index (Phi) is 4.17. The molecule has 96 valence electrons. The van der Waals surface area contributed by atoms with E-state index in [1.807, 2.05) is 25.1 Å². The molecular weight excluding hydrogens is 252 g/mol. The molecule has 0 saturated carbocycles. The number of aryl methyl sites for hydroxylation is 1. The van der Waals surface area contributed by atoms with Crippen LogP contribution in [0.2, 0.25) is 5.02 Å². The summed E-state index contributed by atoms with van der Waals surface area (Å²) in [6.07, 6.45) is 1.80. The minimum absolute atomic E-state index is 0.0593. The number of hydrogen-bond acceptors (Lipinski definition) is 4. The summed E-state index contributed by atoms with van der Waals surface area (Å²) in [6, 6.07) is 5.82. The Labute approximate surface area is 110 Å². The van der Waals surface area contributed by atoms with Crippen molar-refractivity contribution < 1.29 is 5.11 Å². The Balaban J connectivity index is 1.95. The topological polar surface area (TPSA) is 63.0 Å². The molecule has 1 aromatic carbocycles. The fourth-order valence-corrected chi connectivity index (χ4v) is 1.71. The molecule has 0 aliphatic carbocycles. The minimum atomic E-state index is 0.0593. The van der Waals surface area contributed by atoms with Gasteiger partial charge in [0.1, 0.15) is 5.69 Å². The van der Waals surface area contributed by atoms with E-state index in [2.05, 4.69) is 15.6 Å². The quantitative estimate of drug-likeness (QED) is 0.867. The minimum Gasteiger partial charge on any atom is -0.394 e. The SMILES string of the molecule is Cc1ccc(NCc2cn(CCO)nn2)cc1Cl. The first kappa shape index (κ1) is 12.9. The molecule has 2 rings (SSSR count). The highest BCUT2D eigenvalue weighted by atomic mass is 35.5. The first-order chi connectivity index (χ1) is 8.69. The van der Waals surface area contributed by atoms with Crippen molar-refractivity contribution in [3.63, 3.8) is 0 Å². The van der Waals surface area contributed by atoms with Gasteiger partial charge in [-0.15, -0.1) is 5.10 Å². The number of aromatic nitrogens is 3. The van der Waals surface area contributed by atoms with Gasteiger partial charge < -0.3 is 10.4 Å². The fourth-order valence-electron chi connectivity index (χ4n) is 1.53. The molecule has 1 aromatic heterocycles. The lowest BCUT2D eigenvalue weighted by Gasteiger charge is -2.05. The summed E-state index contributed by atoms with van der Waals surface area (Å²) in [4.78, 5) is 0. The number of aliphatic hydroxyl groups is 1. The summed E-state index contributed by atoms with van der Waals surface area (Å²) < 4.78 is 1.61. The number of nitrogens with one attached hydrogen (secondary N) is 1. The molecule has 0 fully saturated rings. The van der Waals surface area contributed by atoms with Gasteiger partial charge in [0, 0.05) is 10.7 Å². The maximum absolute atomic E-state index is 8.77. The molecule has 0 aliphatic heterocycles. The van der Waals surface area contributed by atoms with Gasteiger partial charge in [0.25, 0.3) is 0 Å². The monoisotopic (exact) mass is 266 g/mol. The molecule has 0 bridgehead atoms. The third-order valence-electron chi connectivity index (χ3n) is 2.56. The van der Waals surface area contributed by atoms with E-state index in [9.17, 15) is 0 Å². The highest BCUT2D eigenvalue weighted by Crippen LogP contribution is 2.20. The zero-order valence-electron chi connectivity index (χ0n) is 10.1. The number of rotatable bonds is 5. The van der Waals surface area contributed by atoms with E-state index in [4.69, 9.17) is 16.7 Å². The normalized spacial score (nSPS) is 10.6. The predicted molar refractivity (Wildman–Crippen MR) is 70.6 cm³/mol. The number of nitrogens with zero attached hydrogens (tertiary/aromatic N) is 3. The highest BCUT2D eigenvalue weighted by Gasteiger charge is 2.01. The number of anilines is 1. The average molecular weight is 267 g/mol. The van der Waals surface area contributed by atoms with Crippen LogP contribution in [0.15, 0.2) is 24.4 Å². The van der Waals surface area contributed by atoms with Crippen LogP contribution in [0.4, 0.5) is 5.69 Å². The summed E-state index contributed by atoms with van der Waals surface area (Å²) in [7, 11) is 0. The lowest BCUT2D eigenvalue weighted by atomic mass is 10.2. The molecule has 0 unspecified atom stereocenters. The van der Waals surface area contributed by atoms with Gasteiger partial charge in [-0.3, -0.25) is 0 Å². The van der Waals surface area contributed by atoms with Gasteiger partial charge in [-0.25, -0.2) is 4.68 Å². The van der Waals surface area contributed by atoms with E-state index < -0.39 is 0 Å². The summed E-state index contributed by atoms with van der Waals surface area (Å²) >= 11 is 6.04. The van der Waals surface area contributed by atoms with Gasteiger partial charge in [-0.1, -0.05) is 22.9 Å². The molecule has 0 aliphatic rings. The van der Waals surface area contributed by atoms with E-state index in [0.717, 1.165) is 22.0 Å². The standard InChI is InChI=1S/C12H15ClN4O/c1-9-2-3-10(6-12(9)13)14-7-11-8-17(4-5-18)16-15-11/h2-3,6,8,14,18H,4-5,7H2,1H3. The first-order valence-electron chi connectivity index (χ1n) is 5.69. The van der Waals surface area contributed by atoms with E-state index in [1.165, 1.54) is 0 Å². The molecule has 2 N–H and O–H groups in total. The Morgan fingerprint density at radius 1 is 1.44 bits per heavy atom. The molecule has 0 radical (unpaired) electrons. The maximum atomic E-state index is 8.77. The van der Waals surface area contributed by atoms with Gasteiger partial charge in [0.2, 0.25) is 0 Å². The second-order valence-corrected chi connectivity index (χ2v) is 4.42. The van der Waals surface area contributed by atoms with Crippen molar-refractivity contribution in [1.29, 1.82) is 0 Å². The molecule has 0 saturated heterocycles. The molecule has 18 heavy (non-hydrogen) atoms. The van der Waals surface area contributed by atoms with E-state index in [1.54, 1.807) is 10.9 Å². The molecule has 0 amide bonds. The van der Waals surface area contributed by atoms with Crippen molar-refractivity contribution in [1.82, 2.24) is 15.0 Å². The van der Waals surface area contributed by atoms with Crippen molar-refractivity contribution >= 4 is 17.3 Å². The summed E-state index contributed by atoms with van der Waals surface area (Å²) in [6.45, 7) is 3.06. The van der Waals surface area contributed by atoms with Gasteiger partial charge in [0.15, 0.2) is 0 Å². The molecule has 0 atom stereocenters. The second-order valence-electron chi connectivity index (χ2n) is 4.01. The first-order valence-corrected chi connectivity index (χ1v) is 6.07. The molecule has 2 aromatic rings. The van der Waals surface area contributed by atoms with E-state index in [0.29, 0.717) is 13.1 Å². The van der Waals surface area contributed by atoms with E-state index >= 15 is 0 Å². The van der Waals surface area contributed by atoms with Crippen LogP contribution in [0.5, 0.6) is 0 Å². The van der Waals surface area contributed by atoms with Crippen molar-refractivity contribution in [3.8, 4) is 0 Å². The second kappa shape index (κ2) is 5.84. The lowest BCUT2D eigenvalue weighted by Crippen LogP contribution is -2.02. The third-order valence-corrected chi connectivity index (χ3v) is 2.97. The maximum Gasteiger partial charge on any atom is 0.102 e. The number of hydrogen-bond donors (Lipinski definition) is 2. The molecule has 6 heteroatoms. The molecule has 0 spiro atoms. The van der Waals surface area contributed by atoms with Gasteiger partial charge >= 0.3 is 0 Å². The van der Waals surface area contributed by atoms with Crippen LogP contribution in [-0.2, 0) is 13.1 Å². The predicted octanol–water partition coefficient (Wildman–Crippen LogP) is 1.84. The van der Waals surface area contributed by atoms with Crippen LogP contribution >= 0.6 is 11.6 Å². The van der Waals surface area contributed by atoms with Crippen LogP contribution < -0.4 is 5.32 Å². The summed E-state index contributed by atoms with van der Waals surface area (Å²) in [5.41, 5.74) is 2.82. The van der Waals surface area contributed by atoms with Crippen molar-refractivity contribution in [2.75, 3.05) is 11.9 Å². The number of halogens is 1. The van der Waals surface area contributed by atoms with Crippen LogP contribution in [0.1, 0.15) is 11.3 Å². The zero-order chi connectivity index (χ0) is 13.0. The van der Waals surface area contributed by atoms with Gasteiger partial charge in [-0.2, -0.15) is 0 Å². The summed E-state index contributed by atoms with van der Waals surface area (Å²) in [5.74, 6) is 0. The molecular formula is C12H15ClN4O. The largest absolute Gasteiger partial charge is 0.394 e. The van der Waals surface area contributed by atoms with Crippen molar-refractivity contribution in [3.05, 3.63) is 40.7 Å². The third kappa shape index (κ3) is 3.21. The highest BCUT2D eigenvalue weighted by molar-refractivity contribution is 6.31. The van der Waals surface area contributed by atoms with Gasteiger partial charge in [-0.05, 0) is 24.6 Å². The van der Waals surface area contributed by atoms with Crippen molar-refractivity contribution in [2.24, 2.45) is 0 Å². The van der Waals surface area contributed by atoms with Crippen LogP contribution in [0.25, 0.3) is 0 Å². The molecule has 1 heterocycles. The summed E-state index contributed by atoms with van der Waals surface area (Å²) in [5, 5.41) is 20.6. The van der Waals surface area contributed by atoms with Crippen LogP contribution in [0, 0.1) is 6.92 Å². The molecule has 5 nitrogen and oxygen atoms in total. The van der Waals surface area contributed by atoms with Crippen LogP contribution in [-0.4, -0.2) is 26.7 Å². The number of benzene rings is 1. The smallest absolute Gasteiger partial charge is 0.102 e. The Morgan fingerprint density at radius 3 is 3.00 bits per heavy atom. The Hall–Kier alpha value is -1.59. The van der Waals surface area contributed by atoms with E-state index in [-0.39, 0.29) is 6.61 Å². The Bertz CT molecular complexity index is 527. The van der Waals surface area contributed by atoms with Crippen molar-refractivity contribution in [2.45, 2.75) is 20.0 Å².